The van der Waals surface area contributed by atoms with Crippen LogP contribution in [-0.4, -0.2) is 21.8 Å². The zero-order valence-electron chi connectivity index (χ0n) is 2.66. The van der Waals surface area contributed by atoms with Crippen LogP contribution in [0, 0.1) is 39.9 Å². The molecule has 0 amide bonds. The van der Waals surface area contributed by atoms with Gasteiger partial charge >= 0.3 is 6.16 Å². The van der Waals surface area contributed by atoms with Crippen LogP contribution in [0.5, 0.6) is 0 Å². The number of carboxylic acid groups (broad SMARTS) is 2. The zero-order valence-corrected chi connectivity index (χ0v) is 4.92. The fourth-order valence-electron chi connectivity index (χ4n) is 0. The summed E-state index contributed by atoms with van der Waals surface area (Å²) >= 11 is 0. The van der Waals surface area contributed by atoms with E-state index in [0.717, 1.165) is 0 Å². The van der Waals surface area contributed by atoms with Gasteiger partial charge in [-0.05, 0) is 0 Å². The summed E-state index contributed by atoms with van der Waals surface area (Å²) in [5.41, 5.74) is 0. The first-order valence-electron chi connectivity index (χ1n) is 0.651. The second kappa shape index (κ2) is 9.12. The number of hydrogen-bond acceptors (Lipinski definition) is 1. The number of hydrogen-bond donors (Lipinski definition) is 2. The summed E-state index contributed by atoms with van der Waals surface area (Å²) in [5, 5.41) is 13.9. The maximum Gasteiger partial charge on any atom is 0.503 e. The van der Waals surface area contributed by atoms with Crippen molar-refractivity contribution in [1.29, 1.82) is 0 Å². The SMILES string of the molecule is O.O=C(O)O.[Gd]. The van der Waals surface area contributed by atoms with Gasteiger partial charge in [0.25, 0.3) is 0 Å². The van der Waals surface area contributed by atoms with E-state index in [2.05, 4.69) is 0 Å². The van der Waals surface area contributed by atoms with Gasteiger partial charge in [0.2, 0.25) is 0 Å². The Balaban J connectivity index is -0.0000000450. The molecule has 0 saturated carbocycles. The summed E-state index contributed by atoms with van der Waals surface area (Å²) in [6.07, 6.45) is -1.83. The summed E-state index contributed by atoms with van der Waals surface area (Å²) < 4.78 is 0. The molecular weight excluding hydrogens is 233 g/mol. The maximum absolute atomic E-state index is 8.56. The van der Waals surface area contributed by atoms with Crippen molar-refractivity contribution < 1.29 is 60.4 Å². The van der Waals surface area contributed by atoms with E-state index in [4.69, 9.17) is 15.0 Å². The van der Waals surface area contributed by atoms with Crippen LogP contribution in [0.1, 0.15) is 0 Å². The van der Waals surface area contributed by atoms with Crippen molar-refractivity contribution in [2.24, 2.45) is 0 Å². The molecule has 0 saturated heterocycles. The van der Waals surface area contributed by atoms with Crippen LogP contribution in [0.4, 0.5) is 4.79 Å². The molecule has 0 aliphatic carbocycles. The Morgan fingerprint density at radius 3 is 1.33 bits per heavy atom. The fraction of sp³-hybridized carbons (Fsp3) is 0. The molecule has 0 rings (SSSR count). The van der Waals surface area contributed by atoms with Crippen molar-refractivity contribution in [3.63, 3.8) is 0 Å². The van der Waals surface area contributed by atoms with E-state index in [1.54, 1.807) is 0 Å². The molecule has 0 aliphatic rings. The van der Waals surface area contributed by atoms with Crippen LogP contribution in [0.2, 0.25) is 0 Å². The van der Waals surface area contributed by atoms with Gasteiger partial charge in [-0.25, -0.2) is 4.79 Å². The molecule has 40 valence electrons. The van der Waals surface area contributed by atoms with Crippen molar-refractivity contribution in [2.45, 2.75) is 0 Å². The molecule has 0 aromatic heterocycles. The van der Waals surface area contributed by atoms with Gasteiger partial charge in [-0.1, -0.05) is 0 Å². The van der Waals surface area contributed by atoms with Crippen LogP contribution in [-0.2, 0) is 0 Å². The predicted octanol–water partition coefficient (Wildman–Crippen LogP) is -0.602. The quantitative estimate of drug-likeness (QED) is 0.589. The van der Waals surface area contributed by atoms with Crippen molar-refractivity contribution in [2.75, 3.05) is 0 Å². The summed E-state index contributed by atoms with van der Waals surface area (Å²) in [4.78, 5) is 8.56. The normalized spacial score (nSPS) is 4.00. The molecule has 0 bridgehead atoms. The minimum absolute atomic E-state index is 0. The summed E-state index contributed by atoms with van der Waals surface area (Å²) in [6, 6.07) is 0. The third kappa shape index (κ3) is 187. The van der Waals surface area contributed by atoms with E-state index in [0.29, 0.717) is 0 Å². The maximum atomic E-state index is 8.56. The Morgan fingerprint density at radius 1 is 1.33 bits per heavy atom. The second-order valence-electron chi connectivity index (χ2n) is 0.283. The molecule has 6 heavy (non-hydrogen) atoms. The molecule has 0 aromatic carbocycles. The van der Waals surface area contributed by atoms with Crippen LogP contribution in [0.25, 0.3) is 0 Å². The Bertz CT molecular complexity index is 30.5. The summed E-state index contributed by atoms with van der Waals surface area (Å²) in [6.45, 7) is 0. The monoisotopic (exact) mass is 238 g/mol. The van der Waals surface area contributed by atoms with Gasteiger partial charge in [-0.15, -0.1) is 0 Å². The topological polar surface area (TPSA) is 89.0 Å². The van der Waals surface area contributed by atoms with E-state index in [9.17, 15) is 0 Å². The molecule has 0 aromatic rings. The molecule has 0 aliphatic heterocycles. The van der Waals surface area contributed by atoms with E-state index >= 15 is 0 Å². The van der Waals surface area contributed by atoms with Crippen LogP contribution in [0.3, 0.4) is 0 Å². The molecule has 0 heterocycles. The van der Waals surface area contributed by atoms with Crippen LogP contribution in [0.15, 0.2) is 0 Å². The molecule has 5 heteroatoms. The number of carbonyl (C=O) groups is 1. The van der Waals surface area contributed by atoms with Crippen molar-refractivity contribution >= 4 is 6.16 Å². The largest absolute Gasteiger partial charge is 0.503 e. The Morgan fingerprint density at radius 2 is 1.33 bits per heavy atom. The summed E-state index contributed by atoms with van der Waals surface area (Å²) in [5.74, 6) is 0. The van der Waals surface area contributed by atoms with Gasteiger partial charge in [0.1, 0.15) is 0 Å². The van der Waals surface area contributed by atoms with Crippen molar-refractivity contribution in [1.82, 2.24) is 0 Å². The molecular formula is CH4GdO4. The van der Waals surface area contributed by atoms with Gasteiger partial charge in [-0.3, -0.25) is 0 Å². The van der Waals surface area contributed by atoms with E-state index in [1.807, 2.05) is 0 Å². The van der Waals surface area contributed by atoms with Gasteiger partial charge in [0.05, 0.1) is 0 Å². The number of rotatable bonds is 0. The first-order valence-corrected chi connectivity index (χ1v) is 0.651. The standard InChI is InChI=1S/CH2O3.Gd.H2O/c2-1(3)4;;/h(H2,2,3,4);;1H2. The minimum atomic E-state index is -1.83. The van der Waals surface area contributed by atoms with E-state index in [1.165, 1.54) is 0 Å². The molecule has 0 spiro atoms. The third-order valence-electron chi connectivity index (χ3n) is 0. The van der Waals surface area contributed by atoms with E-state index in [-0.39, 0.29) is 45.4 Å². The average molecular weight is 237 g/mol. The first kappa shape index (κ1) is 16.0. The van der Waals surface area contributed by atoms with E-state index < -0.39 is 6.16 Å². The Kier molecular flexibility index (Phi) is 24.3. The second-order valence-corrected chi connectivity index (χ2v) is 0.283. The Labute approximate surface area is 66.2 Å². The third-order valence-corrected chi connectivity index (χ3v) is 0. The Hall–Kier alpha value is 0.555. The first-order chi connectivity index (χ1) is 1.73. The predicted molar refractivity (Wildman–Crippen MR) is 14.3 cm³/mol. The van der Waals surface area contributed by atoms with Crippen LogP contribution < -0.4 is 0 Å². The van der Waals surface area contributed by atoms with Crippen LogP contribution >= 0.6 is 0 Å². The van der Waals surface area contributed by atoms with Gasteiger partial charge in [0, 0.05) is 39.9 Å². The van der Waals surface area contributed by atoms with Gasteiger partial charge < -0.3 is 15.7 Å². The van der Waals surface area contributed by atoms with Crippen molar-refractivity contribution in [3.8, 4) is 0 Å². The molecule has 4 N–H and O–H groups in total. The summed E-state index contributed by atoms with van der Waals surface area (Å²) in [7, 11) is 0. The van der Waals surface area contributed by atoms with Gasteiger partial charge in [-0.2, -0.15) is 0 Å². The molecule has 0 radical (unpaired) electrons. The minimum Gasteiger partial charge on any atom is -0.450 e. The molecule has 0 atom stereocenters. The fourth-order valence-corrected chi connectivity index (χ4v) is 0. The zero-order chi connectivity index (χ0) is 3.58. The molecule has 0 fully saturated rings. The average Bonchev–Trinajstić information content (AvgIpc) is 0.811. The van der Waals surface area contributed by atoms with Gasteiger partial charge in [0.15, 0.2) is 0 Å². The van der Waals surface area contributed by atoms with Crippen molar-refractivity contribution in [3.05, 3.63) is 0 Å². The molecule has 0 unspecified atom stereocenters. The smallest absolute Gasteiger partial charge is 0.450 e. The molecule has 4 nitrogen and oxygen atoms in total.